The molecule has 1 saturated heterocycles. The number of carbonyl (C=O) groups is 1. The predicted molar refractivity (Wildman–Crippen MR) is 140 cm³/mol. The molecular weight excluding hydrogens is 432 g/mol. The maximum Gasteiger partial charge on any atom is 0.163 e. The molecular formula is C31H34N2O2. The molecule has 3 aromatic carbocycles. The first kappa shape index (κ1) is 24.7. The molecule has 0 spiro atoms. The third-order valence-corrected chi connectivity index (χ3v) is 6.59. The lowest BCUT2D eigenvalue weighted by Crippen LogP contribution is -2.57. The minimum Gasteiger partial charge on any atom is -0.489 e. The molecule has 0 aromatic heterocycles. The average Bonchev–Trinajstić information content (AvgIpc) is 2.81. The molecule has 0 atom stereocenters. The van der Waals surface area contributed by atoms with Gasteiger partial charge in [0.1, 0.15) is 12.4 Å². The van der Waals surface area contributed by atoms with Gasteiger partial charge < -0.3 is 10.1 Å². The van der Waals surface area contributed by atoms with Crippen molar-refractivity contribution in [2.24, 2.45) is 5.92 Å². The minimum absolute atomic E-state index is 0.0454. The number of hydrogen-bond acceptors (Lipinski definition) is 4. The van der Waals surface area contributed by atoms with E-state index < -0.39 is 0 Å². The Morgan fingerprint density at radius 3 is 2.23 bits per heavy atom. The largest absolute Gasteiger partial charge is 0.489 e. The Bertz CT molecular complexity index is 1220. The Morgan fingerprint density at radius 1 is 0.943 bits per heavy atom. The summed E-state index contributed by atoms with van der Waals surface area (Å²) in [7, 11) is 0. The second-order valence-electron chi connectivity index (χ2n) is 11.0. The van der Waals surface area contributed by atoms with E-state index in [1.54, 1.807) is 6.07 Å². The van der Waals surface area contributed by atoms with Crippen molar-refractivity contribution < 1.29 is 9.53 Å². The van der Waals surface area contributed by atoms with Gasteiger partial charge in [0, 0.05) is 23.1 Å². The summed E-state index contributed by atoms with van der Waals surface area (Å²) in [6, 6.07) is 25.4. The van der Waals surface area contributed by atoms with Gasteiger partial charge in [-0.3, -0.25) is 4.79 Å². The highest BCUT2D eigenvalue weighted by Crippen LogP contribution is 2.35. The number of rotatable bonds is 7. The van der Waals surface area contributed by atoms with Crippen LogP contribution in [0.25, 0.3) is 11.1 Å². The second-order valence-corrected chi connectivity index (χ2v) is 11.0. The van der Waals surface area contributed by atoms with Gasteiger partial charge in [0.25, 0.3) is 0 Å². The fourth-order valence-electron chi connectivity index (χ4n) is 5.55. The Kier molecular flexibility index (Phi) is 7.10. The number of nitrogens with zero attached hydrogens (tertiary/aromatic N) is 1. The molecule has 0 bridgehead atoms. The fraction of sp³-hybridized carbons (Fsp3) is 0.355. The smallest absolute Gasteiger partial charge is 0.163 e. The summed E-state index contributed by atoms with van der Waals surface area (Å²) in [4.78, 5) is 13.0. The molecule has 1 aliphatic heterocycles. The van der Waals surface area contributed by atoms with Crippen molar-refractivity contribution in [2.75, 3.05) is 0 Å². The molecule has 1 aliphatic rings. The molecule has 1 fully saturated rings. The number of Topliss-reactive ketones (excluding diaryl/α,β-unsaturated/α-hetero) is 1. The summed E-state index contributed by atoms with van der Waals surface area (Å²) in [5, 5.41) is 12.8. The number of piperidine rings is 1. The van der Waals surface area contributed by atoms with E-state index in [4.69, 9.17) is 10.00 Å². The number of benzene rings is 3. The maximum atomic E-state index is 13.0. The van der Waals surface area contributed by atoms with Gasteiger partial charge in [0.2, 0.25) is 0 Å². The highest BCUT2D eigenvalue weighted by atomic mass is 16.5. The van der Waals surface area contributed by atoms with Crippen LogP contribution in [0.15, 0.2) is 72.8 Å². The van der Waals surface area contributed by atoms with E-state index in [1.807, 2.05) is 66.7 Å². The van der Waals surface area contributed by atoms with Crippen molar-refractivity contribution in [3.05, 3.63) is 89.5 Å². The normalized spacial score (nSPS) is 16.9. The Hall–Kier alpha value is -3.42. The van der Waals surface area contributed by atoms with Gasteiger partial charge in [0.15, 0.2) is 5.78 Å². The molecule has 1 N–H and O–H groups in total. The van der Waals surface area contributed by atoms with E-state index in [9.17, 15) is 4.79 Å². The third-order valence-electron chi connectivity index (χ3n) is 6.59. The first-order chi connectivity index (χ1) is 16.6. The van der Waals surface area contributed by atoms with Crippen LogP contribution in [0.2, 0.25) is 0 Å². The molecule has 4 rings (SSSR count). The van der Waals surface area contributed by atoms with E-state index in [0.29, 0.717) is 24.5 Å². The summed E-state index contributed by atoms with van der Waals surface area (Å²) in [6.07, 6.45) is 2.60. The van der Waals surface area contributed by atoms with Crippen LogP contribution in [-0.4, -0.2) is 16.9 Å². The fourth-order valence-corrected chi connectivity index (χ4v) is 5.55. The van der Waals surface area contributed by atoms with E-state index in [-0.39, 0.29) is 16.9 Å². The minimum atomic E-state index is 0.0454. The van der Waals surface area contributed by atoms with Gasteiger partial charge in [-0.05, 0) is 87.4 Å². The standard InChI is InChI=1S/C31H34N2O2/c1-30(2)18-24(19-31(3,4)33-30)16-29(34)25-13-11-22(12-14-25)21-35-28-10-6-9-27(17-28)26-8-5-7-23(15-26)20-32/h5-15,17,24,33H,16,18-19,21H2,1-4H3. The van der Waals surface area contributed by atoms with E-state index >= 15 is 0 Å². The molecule has 0 amide bonds. The Morgan fingerprint density at radius 2 is 1.57 bits per heavy atom. The number of carbonyl (C=O) groups excluding carboxylic acids is 1. The monoisotopic (exact) mass is 466 g/mol. The summed E-state index contributed by atoms with van der Waals surface area (Å²) in [5.41, 5.74) is 4.50. The summed E-state index contributed by atoms with van der Waals surface area (Å²) in [5.74, 6) is 1.36. The zero-order valence-corrected chi connectivity index (χ0v) is 21.1. The lowest BCUT2D eigenvalue weighted by Gasteiger charge is -2.46. The van der Waals surface area contributed by atoms with Crippen molar-refractivity contribution in [2.45, 2.75) is 64.6 Å². The van der Waals surface area contributed by atoms with Crippen LogP contribution < -0.4 is 10.1 Å². The number of hydrogen-bond donors (Lipinski definition) is 1. The van der Waals surface area contributed by atoms with Gasteiger partial charge in [0.05, 0.1) is 11.6 Å². The van der Waals surface area contributed by atoms with Gasteiger partial charge in [-0.25, -0.2) is 0 Å². The van der Waals surface area contributed by atoms with Crippen LogP contribution >= 0.6 is 0 Å². The van der Waals surface area contributed by atoms with Crippen LogP contribution in [-0.2, 0) is 6.61 Å². The number of nitrogens with one attached hydrogen (secondary N) is 1. The van der Waals surface area contributed by atoms with Crippen LogP contribution in [0, 0.1) is 17.2 Å². The lowest BCUT2D eigenvalue weighted by molar-refractivity contribution is 0.0864. The maximum absolute atomic E-state index is 13.0. The summed E-state index contributed by atoms with van der Waals surface area (Å²) in [6.45, 7) is 9.31. The number of ether oxygens (including phenoxy) is 1. The first-order valence-corrected chi connectivity index (χ1v) is 12.3. The van der Waals surface area contributed by atoms with Crippen molar-refractivity contribution in [3.63, 3.8) is 0 Å². The second kappa shape index (κ2) is 10.1. The summed E-state index contributed by atoms with van der Waals surface area (Å²) >= 11 is 0. The SMILES string of the molecule is CC1(C)CC(CC(=O)c2ccc(COc3cccc(-c4cccc(C#N)c4)c3)cc2)CC(C)(C)N1. The molecule has 4 heteroatoms. The highest BCUT2D eigenvalue weighted by Gasteiger charge is 2.38. The predicted octanol–water partition coefficient (Wildman–Crippen LogP) is 6.93. The van der Waals surface area contributed by atoms with Crippen LogP contribution in [0.1, 0.15) is 68.4 Å². The molecule has 35 heavy (non-hydrogen) atoms. The molecule has 0 radical (unpaired) electrons. The van der Waals surface area contributed by atoms with E-state index in [2.05, 4.69) is 39.1 Å². The molecule has 0 aliphatic carbocycles. The first-order valence-electron chi connectivity index (χ1n) is 12.3. The molecule has 0 unspecified atom stereocenters. The van der Waals surface area contributed by atoms with Gasteiger partial charge in [-0.2, -0.15) is 5.26 Å². The van der Waals surface area contributed by atoms with E-state index in [1.165, 1.54) is 0 Å². The number of ketones is 1. The molecule has 3 aromatic rings. The number of nitriles is 1. The quantitative estimate of drug-likeness (QED) is 0.383. The van der Waals surface area contributed by atoms with Crippen molar-refractivity contribution in [3.8, 4) is 22.9 Å². The van der Waals surface area contributed by atoms with E-state index in [0.717, 1.165) is 40.8 Å². The van der Waals surface area contributed by atoms with Gasteiger partial charge >= 0.3 is 0 Å². The van der Waals surface area contributed by atoms with Crippen molar-refractivity contribution in [1.29, 1.82) is 5.26 Å². The Labute approximate surface area is 209 Å². The zero-order valence-electron chi connectivity index (χ0n) is 21.1. The van der Waals surface area contributed by atoms with Crippen molar-refractivity contribution in [1.82, 2.24) is 5.32 Å². The van der Waals surface area contributed by atoms with Gasteiger partial charge in [-0.15, -0.1) is 0 Å². The third kappa shape index (κ3) is 6.59. The lowest BCUT2D eigenvalue weighted by atomic mass is 9.74. The highest BCUT2D eigenvalue weighted by molar-refractivity contribution is 5.96. The molecule has 1 heterocycles. The van der Waals surface area contributed by atoms with Gasteiger partial charge in [-0.1, -0.05) is 48.5 Å². The molecule has 180 valence electrons. The van der Waals surface area contributed by atoms with Crippen molar-refractivity contribution >= 4 is 5.78 Å². The topological polar surface area (TPSA) is 62.1 Å². The Balaban J connectivity index is 1.36. The average molecular weight is 467 g/mol. The van der Waals surface area contributed by atoms with Crippen LogP contribution in [0.3, 0.4) is 0 Å². The summed E-state index contributed by atoms with van der Waals surface area (Å²) < 4.78 is 6.02. The van der Waals surface area contributed by atoms with Crippen LogP contribution in [0.4, 0.5) is 0 Å². The molecule has 4 nitrogen and oxygen atoms in total. The zero-order chi connectivity index (χ0) is 25.1. The van der Waals surface area contributed by atoms with Crippen LogP contribution in [0.5, 0.6) is 5.75 Å². The molecule has 0 saturated carbocycles.